The number of aliphatic hydroxyl groups is 1. The molecular weight excluding hydrogens is 386 g/mol. The third kappa shape index (κ3) is 7.94. The summed E-state index contributed by atoms with van der Waals surface area (Å²) in [6, 6.07) is 15.8. The fraction of sp³-hybridized carbons (Fsp3) is 0.391. The number of hydrogen-bond acceptors (Lipinski definition) is 6. The van der Waals surface area contributed by atoms with Crippen molar-refractivity contribution >= 4 is 11.7 Å². The number of aliphatic hydroxyl groups excluding tert-OH is 1. The van der Waals surface area contributed by atoms with Gasteiger partial charge in [0.15, 0.2) is 5.78 Å². The molecule has 2 rings (SSSR count). The Hall–Kier alpha value is -2.74. The van der Waals surface area contributed by atoms with Crippen LogP contribution in [-0.2, 0) is 14.3 Å². The molecule has 0 saturated heterocycles. The third-order valence-corrected chi connectivity index (χ3v) is 4.46. The molecule has 0 spiro atoms. The van der Waals surface area contributed by atoms with Gasteiger partial charge in [0.2, 0.25) is 0 Å². The van der Waals surface area contributed by atoms with Crippen LogP contribution in [0.15, 0.2) is 54.6 Å². The van der Waals surface area contributed by atoms with Gasteiger partial charge in [-0.2, -0.15) is 0 Å². The molecule has 0 radical (unpaired) electrons. The minimum atomic E-state index is -0.523. The number of rotatable bonds is 13. The maximum atomic E-state index is 12.7. The van der Waals surface area contributed by atoms with Gasteiger partial charge < -0.3 is 24.6 Å². The summed E-state index contributed by atoms with van der Waals surface area (Å²) in [5.41, 5.74) is 0.464. The van der Waals surface area contributed by atoms with Crippen molar-refractivity contribution < 1.29 is 28.9 Å². The van der Waals surface area contributed by atoms with E-state index in [-0.39, 0.29) is 25.1 Å². The number of ether oxygens (including phenoxy) is 3. The van der Waals surface area contributed by atoms with Gasteiger partial charge in [0.25, 0.3) is 5.91 Å². The van der Waals surface area contributed by atoms with Crippen LogP contribution >= 0.6 is 0 Å². The van der Waals surface area contributed by atoms with Gasteiger partial charge in [-0.25, -0.2) is 0 Å². The van der Waals surface area contributed by atoms with Gasteiger partial charge in [0.1, 0.15) is 24.9 Å². The third-order valence-electron chi connectivity index (χ3n) is 4.46. The summed E-state index contributed by atoms with van der Waals surface area (Å²) in [6.07, 6.45) is 0.354. The minimum absolute atomic E-state index is 0.108. The molecule has 2 unspecified atom stereocenters. The van der Waals surface area contributed by atoms with Crippen molar-refractivity contribution in [2.24, 2.45) is 5.92 Å². The molecule has 162 valence electrons. The van der Waals surface area contributed by atoms with Crippen molar-refractivity contribution in [1.29, 1.82) is 0 Å². The molecule has 0 aromatic heterocycles. The second-order valence-corrected chi connectivity index (χ2v) is 6.85. The summed E-state index contributed by atoms with van der Waals surface area (Å²) in [5.74, 6) is 0.370. The summed E-state index contributed by atoms with van der Waals surface area (Å²) < 4.78 is 16.3. The topological polar surface area (TPSA) is 94.1 Å². The van der Waals surface area contributed by atoms with Crippen LogP contribution < -0.4 is 10.1 Å². The Morgan fingerprint density at radius 3 is 2.30 bits per heavy atom. The van der Waals surface area contributed by atoms with Gasteiger partial charge in [0.05, 0.1) is 12.6 Å². The van der Waals surface area contributed by atoms with Gasteiger partial charge in [-0.15, -0.1) is 0 Å². The molecular formula is C23H29NO6. The molecule has 2 aromatic carbocycles. The lowest BCUT2D eigenvalue weighted by atomic mass is 9.98. The average molecular weight is 415 g/mol. The van der Waals surface area contributed by atoms with Gasteiger partial charge in [0, 0.05) is 18.1 Å². The van der Waals surface area contributed by atoms with Crippen LogP contribution in [0.3, 0.4) is 0 Å². The van der Waals surface area contributed by atoms with E-state index >= 15 is 0 Å². The Morgan fingerprint density at radius 2 is 1.67 bits per heavy atom. The zero-order valence-corrected chi connectivity index (χ0v) is 17.4. The van der Waals surface area contributed by atoms with E-state index in [0.29, 0.717) is 30.1 Å². The van der Waals surface area contributed by atoms with Crippen molar-refractivity contribution in [2.45, 2.75) is 26.3 Å². The zero-order chi connectivity index (χ0) is 21.8. The monoisotopic (exact) mass is 415 g/mol. The van der Waals surface area contributed by atoms with E-state index in [1.807, 2.05) is 37.3 Å². The van der Waals surface area contributed by atoms with Gasteiger partial charge in [-0.05, 0) is 49.7 Å². The van der Waals surface area contributed by atoms with Crippen LogP contribution in [0.2, 0.25) is 0 Å². The van der Waals surface area contributed by atoms with Crippen LogP contribution in [0, 0.1) is 5.92 Å². The molecule has 0 saturated carbocycles. The Bertz CT molecular complexity index is 778. The summed E-state index contributed by atoms with van der Waals surface area (Å²) >= 11 is 0. The van der Waals surface area contributed by atoms with E-state index in [2.05, 4.69) is 5.32 Å². The zero-order valence-electron chi connectivity index (χ0n) is 17.4. The van der Waals surface area contributed by atoms with Gasteiger partial charge in [-0.3, -0.25) is 9.59 Å². The smallest absolute Gasteiger partial charge is 0.251 e. The molecule has 30 heavy (non-hydrogen) atoms. The summed E-state index contributed by atoms with van der Waals surface area (Å²) in [4.78, 5) is 24.4. The number of benzene rings is 2. The fourth-order valence-electron chi connectivity index (χ4n) is 2.78. The number of Topliss-reactive ketones (excluding diaryl/α,β-unsaturated/α-hetero) is 1. The molecule has 0 aliphatic carbocycles. The number of carbonyl (C=O) groups is 2. The van der Waals surface area contributed by atoms with E-state index in [9.17, 15) is 9.59 Å². The number of nitrogens with one attached hydrogen (secondary N) is 1. The average Bonchev–Trinajstić information content (AvgIpc) is 2.77. The van der Waals surface area contributed by atoms with Crippen LogP contribution in [0.1, 0.15) is 30.6 Å². The molecule has 2 N–H and O–H groups in total. The standard InChI is InChI=1S/C23H29NO6/c1-3-28-16-29-15-19(13-17(2)22(26)14-25)24-23(27)18-9-11-21(12-10-18)30-20-7-5-4-6-8-20/h4-12,17,19,25H,3,13-16H2,1-2H3,(H,24,27). The van der Waals surface area contributed by atoms with Crippen molar-refractivity contribution in [3.05, 3.63) is 60.2 Å². The Labute approximate surface area is 177 Å². The highest BCUT2D eigenvalue weighted by atomic mass is 16.7. The highest BCUT2D eigenvalue weighted by Gasteiger charge is 2.21. The number of amides is 1. The predicted molar refractivity (Wildman–Crippen MR) is 113 cm³/mol. The normalized spacial score (nSPS) is 12.8. The van der Waals surface area contributed by atoms with E-state index in [0.717, 1.165) is 0 Å². The number of ketones is 1. The maximum absolute atomic E-state index is 12.7. The first kappa shape index (κ1) is 23.5. The van der Waals surface area contributed by atoms with Crippen molar-refractivity contribution in [3.8, 4) is 11.5 Å². The molecule has 7 heteroatoms. The summed E-state index contributed by atoms with van der Waals surface area (Å²) in [5, 5.41) is 12.0. The van der Waals surface area contributed by atoms with Crippen LogP contribution in [0.25, 0.3) is 0 Å². The fourth-order valence-corrected chi connectivity index (χ4v) is 2.78. The molecule has 2 atom stereocenters. The molecule has 2 aromatic rings. The van der Waals surface area contributed by atoms with Crippen LogP contribution in [0.4, 0.5) is 0 Å². The molecule has 0 fully saturated rings. The minimum Gasteiger partial charge on any atom is -0.457 e. The predicted octanol–water partition coefficient (Wildman–Crippen LogP) is 3.18. The first-order valence-corrected chi connectivity index (χ1v) is 9.96. The Kier molecular flexibility index (Phi) is 10.00. The molecule has 0 aliphatic rings. The second kappa shape index (κ2) is 12.7. The number of hydrogen-bond donors (Lipinski definition) is 2. The van der Waals surface area contributed by atoms with Crippen LogP contribution in [0.5, 0.6) is 11.5 Å². The first-order valence-electron chi connectivity index (χ1n) is 9.96. The Balaban J connectivity index is 1.97. The molecule has 7 nitrogen and oxygen atoms in total. The highest BCUT2D eigenvalue weighted by Crippen LogP contribution is 2.21. The van der Waals surface area contributed by atoms with E-state index in [1.165, 1.54) is 0 Å². The summed E-state index contributed by atoms with van der Waals surface area (Å²) in [6.45, 7) is 3.88. The molecule has 0 bridgehead atoms. The quantitative estimate of drug-likeness (QED) is 0.386. The SMILES string of the molecule is CCOCOCC(CC(C)C(=O)CO)NC(=O)c1ccc(Oc2ccccc2)cc1. The van der Waals surface area contributed by atoms with E-state index in [4.69, 9.17) is 19.3 Å². The van der Waals surface area contributed by atoms with Gasteiger partial charge in [-0.1, -0.05) is 25.1 Å². The second-order valence-electron chi connectivity index (χ2n) is 6.85. The number of para-hydroxylation sites is 1. The van der Waals surface area contributed by atoms with E-state index < -0.39 is 18.6 Å². The molecule has 0 heterocycles. The van der Waals surface area contributed by atoms with Crippen molar-refractivity contribution in [1.82, 2.24) is 5.32 Å². The van der Waals surface area contributed by atoms with Gasteiger partial charge >= 0.3 is 0 Å². The van der Waals surface area contributed by atoms with Crippen molar-refractivity contribution in [3.63, 3.8) is 0 Å². The Morgan fingerprint density at radius 1 is 1.00 bits per heavy atom. The largest absolute Gasteiger partial charge is 0.457 e. The lowest BCUT2D eigenvalue weighted by molar-refractivity contribution is -0.125. The maximum Gasteiger partial charge on any atom is 0.251 e. The highest BCUT2D eigenvalue weighted by molar-refractivity contribution is 5.94. The molecule has 1 amide bonds. The summed E-state index contributed by atoms with van der Waals surface area (Å²) in [7, 11) is 0. The lowest BCUT2D eigenvalue weighted by Gasteiger charge is -2.21. The van der Waals surface area contributed by atoms with E-state index in [1.54, 1.807) is 31.2 Å². The van der Waals surface area contributed by atoms with Crippen molar-refractivity contribution in [2.75, 3.05) is 26.6 Å². The van der Waals surface area contributed by atoms with Crippen LogP contribution in [-0.4, -0.2) is 49.5 Å². The lowest BCUT2D eigenvalue weighted by Crippen LogP contribution is -2.40. The first-order chi connectivity index (χ1) is 14.5. The number of carbonyl (C=O) groups excluding carboxylic acids is 2. The molecule has 0 aliphatic heterocycles.